The van der Waals surface area contributed by atoms with E-state index >= 15 is 0 Å². The number of H-pyrrole nitrogens is 1. The molecule has 5 rings (SSSR count). The Morgan fingerprint density at radius 1 is 1.00 bits per heavy atom. The molecular formula is C28H29N3O2. The number of aromatic amines is 1. The van der Waals surface area contributed by atoms with Gasteiger partial charge in [-0.25, -0.2) is 4.79 Å². The number of nitrogens with one attached hydrogen (secondary N) is 1. The molecule has 1 atom stereocenters. The first-order valence-corrected chi connectivity index (χ1v) is 11.7. The number of hydrogen-bond acceptors (Lipinski definition) is 4. The monoisotopic (exact) mass is 439 g/mol. The molecule has 0 radical (unpaired) electrons. The second kappa shape index (κ2) is 10.0. The van der Waals surface area contributed by atoms with Crippen LogP contribution < -0.4 is 0 Å². The van der Waals surface area contributed by atoms with Gasteiger partial charge in [0.25, 0.3) is 0 Å². The van der Waals surface area contributed by atoms with E-state index in [1.807, 2.05) is 54.7 Å². The number of rotatable bonds is 7. The molecule has 0 spiro atoms. The number of hydrogen-bond donors (Lipinski definition) is 1. The van der Waals surface area contributed by atoms with Crippen molar-refractivity contribution in [3.63, 3.8) is 0 Å². The molecular weight excluding hydrogens is 410 g/mol. The fourth-order valence-corrected chi connectivity index (χ4v) is 4.78. The lowest BCUT2D eigenvalue weighted by molar-refractivity contribution is 0.0472. The smallest absolute Gasteiger partial charge is 0.338 e. The molecule has 0 bridgehead atoms. The van der Waals surface area contributed by atoms with Crippen molar-refractivity contribution in [2.75, 3.05) is 13.1 Å². The zero-order chi connectivity index (χ0) is 22.5. The summed E-state index contributed by atoms with van der Waals surface area (Å²) in [7, 11) is 0. The maximum absolute atomic E-state index is 12.5. The Kier molecular flexibility index (Phi) is 6.49. The lowest BCUT2D eigenvalue weighted by Crippen LogP contribution is -2.35. The molecule has 0 aliphatic carbocycles. The van der Waals surface area contributed by atoms with Gasteiger partial charge in [-0.2, -0.15) is 5.10 Å². The predicted octanol–water partition coefficient (Wildman–Crippen LogP) is 5.37. The van der Waals surface area contributed by atoms with Gasteiger partial charge in [-0.1, -0.05) is 48.5 Å². The number of aromatic nitrogens is 2. The average Bonchev–Trinajstić information content (AvgIpc) is 3.32. The fourth-order valence-electron chi connectivity index (χ4n) is 4.78. The van der Waals surface area contributed by atoms with E-state index in [9.17, 15) is 4.79 Å². The molecule has 3 aromatic carbocycles. The van der Waals surface area contributed by atoms with Crippen molar-refractivity contribution in [3.05, 3.63) is 101 Å². The van der Waals surface area contributed by atoms with Crippen LogP contribution in [-0.4, -0.2) is 34.2 Å². The van der Waals surface area contributed by atoms with Crippen LogP contribution in [0.4, 0.5) is 0 Å². The van der Waals surface area contributed by atoms with Crippen LogP contribution >= 0.6 is 0 Å². The molecule has 0 amide bonds. The van der Waals surface area contributed by atoms with Crippen molar-refractivity contribution in [3.8, 4) is 0 Å². The molecule has 1 aromatic heterocycles. The molecule has 1 unspecified atom stereocenters. The van der Waals surface area contributed by atoms with Crippen LogP contribution in [0.5, 0.6) is 0 Å². The molecule has 4 aromatic rings. The van der Waals surface area contributed by atoms with Crippen LogP contribution in [-0.2, 0) is 24.3 Å². The van der Waals surface area contributed by atoms with E-state index in [0.29, 0.717) is 18.1 Å². The minimum Gasteiger partial charge on any atom is -0.457 e. The number of carbonyl (C=O) groups is 1. The van der Waals surface area contributed by atoms with Gasteiger partial charge in [-0.3, -0.25) is 10.00 Å². The Bertz CT molecular complexity index is 1220. The van der Waals surface area contributed by atoms with Gasteiger partial charge < -0.3 is 4.74 Å². The Morgan fingerprint density at radius 2 is 1.88 bits per heavy atom. The van der Waals surface area contributed by atoms with Gasteiger partial charge in [0, 0.05) is 18.5 Å². The summed E-state index contributed by atoms with van der Waals surface area (Å²) in [6.07, 6.45) is 5.44. The molecule has 5 nitrogen and oxygen atoms in total. The van der Waals surface area contributed by atoms with Gasteiger partial charge in [0.05, 0.1) is 17.3 Å². The number of piperidine rings is 1. The first-order chi connectivity index (χ1) is 16.2. The number of ether oxygens (including phenoxy) is 1. The average molecular weight is 440 g/mol. The summed E-state index contributed by atoms with van der Waals surface area (Å²) in [4.78, 5) is 15.1. The Balaban J connectivity index is 1.17. The van der Waals surface area contributed by atoms with Gasteiger partial charge in [0.15, 0.2) is 0 Å². The van der Waals surface area contributed by atoms with Crippen LogP contribution in [0.1, 0.15) is 39.9 Å². The lowest BCUT2D eigenvalue weighted by atomic mass is 9.90. The molecule has 1 fully saturated rings. The maximum Gasteiger partial charge on any atom is 0.338 e. The second-order valence-electron chi connectivity index (χ2n) is 9.00. The van der Waals surface area contributed by atoms with Gasteiger partial charge >= 0.3 is 5.97 Å². The van der Waals surface area contributed by atoms with Gasteiger partial charge in [0.2, 0.25) is 0 Å². The molecule has 33 heavy (non-hydrogen) atoms. The first-order valence-electron chi connectivity index (χ1n) is 11.7. The first kappa shape index (κ1) is 21.4. The van der Waals surface area contributed by atoms with Crippen molar-refractivity contribution in [1.82, 2.24) is 15.1 Å². The topological polar surface area (TPSA) is 58.2 Å². The molecule has 5 heteroatoms. The molecule has 1 N–H and O–H groups in total. The minimum atomic E-state index is -0.271. The number of esters is 1. The third-order valence-electron chi connectivity index (χ3n) is 6.41. The summed E-state index contributed by atoms with van der Waals surface area (Å²) in [6, 6.07) is 24.2. The number of nitrogens with zero attached hydrogens (tertiary/aromatic N) is 2. The van der Waals surface area contributed by atoms with E-state index < -0.39 is 0 Å². The van der Waals surface area contributed by atoms with E-state index in [-0.39, 0.29) is 5.97 Å². The summed E-state index contributed by atoms with van der Waals surface area (Å²) in [5.74, 6) is 0.369. The molecule has 0 saturated carbocycles. The summed E-state index contributed by atoms with van der Waals surface area (Å²) < 4.78 is 5.51. The van der Waals surface area contributed by atoms with Crippen LogP contribution in [0.2, 0.25) is 0 Å². The van der Waals surface area contributed by atoms with Crippen molar-refractivity contribution < 1.29 is 9.53 Å². The number of fused-ring (bicyclic) bond motifs is 1. The molecule has 2 heterocycles. The maximum atomic E-state index is 12.5. The van der Waals surface area contributed by atoms with Crippen LogP contribution in [0.3, 0.4) is 0 Å². The van der Waals surface area contributed by atoms with Crippen LogP contribution in [0, 0.1) is 5.92 Å². The van der Waals surface area contributed by atoms with Crippen molar-refractivity contribution in [2.45, 2.75) is 32.4 Å². The molecule has 1 aliphatic rings. The van der Waals surface area contributed by atoms with E-state index in [1.54, 1.807) is 0 Å². The van der Waals surface area contributed by atoms with Crippen LogP contribution in [0.15, 0.2) is 79.0 Å². The van der Waals surface area contributed by atoms with E-state index in [1.165, 1.54) is 23.8 Å². The second-order valence-corrected chi connectivity index (χ2v) is 9.00. The molecule has 1 aliphatic heterocycles. The Morgan fingerprint density at radius 3 is 2.79 bits per heavy atom. The zero-order valence-corrected chi connectivity index (χ0v) is 18.7. The highest BCUT2D eigenvalue weighted by Crippen LogP contribution is 2.24. The summed E-state index contributed by atoms with van der Waals surface area (Å²) in [5, 5.41) is 8.33. The highest BCUT2D eigenvalue weighted by molar-refractivity contribution is 5.89. The third-order valence-corrected chi connectivity index (χ3v) is 6.41. The Labute approximate surface area is 194 Å². The number of likely N-dealkylation sites (tertiary alicyclic amines) is 1. The summed E-state index contributed by atoms with van der Waals surface area (Å²) >= 11 is 0. The normalized spacial score (nSPS) is 16.7. The summed E-state index contributed by atoms with van der Waals surface area (Å²) in [5.41, 5.74) is 5.23. The standard InChI is InChI=1S/C28H29N3O2/c32-28(33-20-21-6-2-1-3-7-21)25-10-4-8-24(16-25)19-31-13-5-9-23(18-31)14-22-11-12-27-26(15-22)17-29-30-27/h1-4,6-8,10-12,15-17,23H,5,9,13-14,18-20H2,(H,29,30). The molecule has 1 saturated heterocycles. The van der Waals surface area contributed by atoms with Gasteiger partial charge in [-0.05, 0) is 72.7 Å². The van der Waals surface area contributed by atoms with Crippen molar-refractivity contribution in [1.29, 1.82) is 0 Å². The van der Waals surface area contributed by atoms with Crippen molar-refractivity contribution in [2.24, 2.45) is 5.92 Å². The quantitative estimate of drug-likeness (QED) is 0.393. The van der Waals surface area contributed by atoms with E-state index in [4.69, 9.17) is 4.74 Å². The summed E-state index contributed by atoms with van der Waals surface area (Å²) in [6.45, 7) is 3.32. The third kappa shape index (κ3) is 5.49. The number of benzene rings is 3. The minimum absolute atomic E-state index is 0.271. The highest BCUT2D eigenvalue weighted by Gasteiger charge is 2.21. The van der Waals surface area contributed by atoms with E-state index in [2.05, 4.69) is 39.4 Å². The van der Waals surface area contributed by atoms with Gasteiger partial charge in [-0.15, -0.1) is 0 Å². The van der Waals surface area contributed by atoms with E-state index in [0.717, 1.165) is 42.7 Å². The zero-order valence-electron chi connectivity index (χ0n) is 18.7. The SMILES string of the molecule is O=C(OCc1ccccc1)c1cccc(CN2CCCC(Cc3ccc4[nH]ncc4c3)C2)c1. The lowest BCUT2D eigenvalue weighted by Gasteiger charge is -2.33. The predicted molar refractivity (Wildman–Crippen MR) is 130 cm³/mol. The fraction of sp³-hybridized carbons (Fsp3) is 0.286. The van der Waals surface area contributed by atoms with Gasteiger partial charge in [0.1, 0.15) is 6.61 Å². The van der Waals surface area contributed by atoms with Crippen molar-refractivity contribution >= 4 is 16.9 Å². The van der Waals surface area contributed by atoms with Crippen LogP contribution in [0.25, 0.3) is 10.9 Å². The Hall–Kier alpha value is -3.44. The largest absolute Gasteiger partial charge is 0.457 e. The highest BCUT2D eigenvalue weighted by atomic mass is 16.5. The molecule has 168 valence electrons. The number of carbonyl (C=O) groups excluding carboxylic acids is 1.